The molecule has 17 heavy (non-hydrogen) atoms. The lowest BCUT2D eigenvalue weighted by Gasteiger charge is -2.04. The van der Waals surface area contributed by atoms with Crippen LogP contribution in [0.3, 0.4) is 0 Å². The van der Waals surface area contributed by atoms with E-state index in [-0.39, 0.29) is 5.03 Å². The SMILES string of the molecule is Cc1ncc(S(=O)(=O)NCCCOCCCl)[nH]1. The first kappa shape index (κ1) is 14.4. The highest BCUT2D eigenvalue weighted by Crippen LogP contribution is 2.04. The molecule has 0 aliphatic carbocycles. The van der Waals surface area contributed by atoms with Gasteiger partial charge in [-0.25, -0.2) is 18.1 Å². The van der Waals surface area contributed by atoms with Gasteiger partial charge in [0.05, 0.1) is 12.8 Å². The molecule has 0 amide bonds. The van der Waals surface area contributed by atoms with E-state index in [1.807, 2.05) is 0 Å². The molecular weight excluding hydrogens is 266 g/mol. The normalized spacial score (nSPS) is 11.9. The molecule has 0 atom stereocenters. The lowest BCUT2D eigenvalue weighted by atomic mass is 10.5. The largest absolute Gasteiger partial charge is 0.380 e. The van der Waals surface area contributed by atoms with Crippen molar-refractivity contribution < 1.29 is 13.2 Å². The summed E-state index contributed by atoms with van der Waals surface area (Å²) in [7, 11) is -3.48. The van der Waals surface area contributed by atoms with Crippen LogP contribution in [0.4, 0.5) is 0 Å². The van der Waals surface area contributed by atoms with Crippen molar-refractivity contribution >= 4 is 21.6 Å². The van der Waals surface area contributed by atoms with Crippen LogP contribution in [0.5, 0.6) is 0 Å². The molecule has 0 aliphatic heterocycles. The highest BCUT2D eigenvalue weighted by atomic mass is 35.5. The fourth-order valence-electron chi connectivity index (χ4n) is 1.15. The Kier molecular flexibility index (Phi) is 5.90. The topological polar surface area (TPSA) is 84.1 Å². The Morgan fingerprint density at radius 3 is 2.88 bits per heavy atom. The van der Waals surface area contributed by atoms with Crippen molar-refractivity contribution in [3.63, 3.8) is 0 Å². The summed E-state index contributed by atoms with van der Waals surface area (Å²) in [5.74, 6) is 1.01. The van der Waals surface area contributed by atoms with Gasteiger partial charge in [0, 0.05) is 19.0 Å². The van der Waals surface area contributed by atoms with Crippen molar-refractivity contribution in [1.29, 1.82) is 0 Å². The summed E-state index contributed by atoms with van der Waals surface area (Å²) in [6.07, 6.45) is 1.89. The number of alkyl halides is 1. The van der Waals surface area contributed by atoms with E-state index in [0.29, 0.717) is 37.9 Å². The van der Waals surface area contributed by atoms with Gasteiger partial charge in [-0.05, 0) is 13.3 Å². The summed E-state index contributed by atoms with van der Waals surface area (Å²) < 4.78 is 31.0. The van der Waals surface area contributed by atoms with Crippen molar-refractivity contribution in [2.24, 2.45) is 0 Å². The van der Waals surface area contributed by atoms with Gasteiger partial charge in [0.25, 0.3) is 10.0 Å². The van der Waals surface area contributed by atoms with E-state index in [4.69, 9.17) is 16.3 Å². The third kappa shape index (κ3) is 5.03. The van der Waals surface area contributed by atoms with E-state index in [2.05, 4.69) is 14.7 Å². The highest BCUT2D eigenvalue weighted by Gasteiger charge is 2.15. The number of ether oxygens (including phenoxy) is 1. The van der Waals surface area contributed by atoms with Crippen molar-refractivity contribution in [1.82, 2.24) is 14.7 Å². The number of aromatic nitrogens is 2. The molecule has 0 saturated carbocycles. The van der Waals surface area contributed by atoms with E-state index >= 15 is 0 Å². The summed E-state index contributed by atoms with van der Waals surface area (Å²) in [4.78, 5) is 6.50. The van der Waals surface area contributed by atoms with Gasteiger partial charge in [0.1, 0.15) is 5.82 Å². The Bertz CT molecular complexity index is 432. The molecule has 1 rings (SSSR count). The lowest BCUT2D eigenvalue weighted by Crippen LogP contribution is -2.26. The van der Waals surface area contributed by atoms with Crippen LogP contribution in [-0.4, -0.2) is 44.0 Å². The second kappa shape index (κ2) is 6.95. The third-order valence-corrected chi connectivity index (χ3v) is 3.47. The summed E-state index contributed by atoms with van der Waals surface area (Å²) >= 11 is 5.42. The molecule has 6 nitrogen and oxygen atoms in total. The second-order valence-corrected chi connectivity index (χ2v) is 5.50. The van der Waals surface area contributed by atoms with Crippen LogP contribution in [0.15, 0.2) is 11.2 Å². The van der Waals surface area contributed by atoms with Crippen LogP contribution in [0.25, 0.3) is 0 Å². The van der Waals surface area contributed by atoms with Gasteiger partial charge in [0.2, 0.25) is 0 Å². The molecule has 0 unspecified atom stereocenters. The maximum Gasteiger partial charge on any atom is 0.257 e. The van der Waals surface area contributed by atoms with Gasteiger partial charge >= 0.3 is 0 Å². The second-order valence-electron chi connectivity index (χ2n) is 3.39. The standard InChI is InChI=1S/C9H16ClN3O3S/c1-8-11-7-9(13-8)17(14,15)12-4-2-5-16-6-3-10/h7,12H,2-6H2,1H3,(H,11,13). The number of H-pyrrole nitrogens is 1. The molecule has 0 saturated heterocycles. The van der Waals surface area contributed by atoms with Gasteiger partial charge in [-0.15, -0.1) is 11.6 Å². The number of nitrogens with zero attached hydrogens (tertiary/aromatic N) is 1. The van der Waals surface area contributed by atoms with Crippen LogP contribution in [0.2, 0.25) is 0 Å². The monoisotopic (exact) mass is 281 g/mol. The first-order valence-electron chi connectivity index (χ1n) is 5.21. The first-order chi connectivity index (χ1) is 8.06. The average Bonchev–Trinajstić information content (AvgIpc) is 2.71. The van der Waals surface area contributed by atoms with E-state index in [1.54, 1.807) is 6.92 Å². The molecular formula is C9H16ClN3O3S. The maximum atomic E-state index is 11.7. The molecule has 0 radical (unpaired) electrons. The molecule has 1 aromatic rings. The maximum absolute atomic E-state index is 11.7. The minimum absolute atomic E-state index is 0.0803. The molecule has 0 aliphatic rings. The fraction of sp³-hybridized carbons (Fsp3) is 0.667. The quantitative estimate of drug-likeness (QED) is 0.541. The Morgan fingerprint density at radius 1 is 1.53 bits per heavy atom. The zero-order valence-corrected chi connectivity index (χ0v) is 11.1. The van der Waals surface area contributed by atoms with Crippen LogP contribution in [0, 0.1) is 6.92 Å². The fourth-order valence-corrected chi connectivity index (χ4v) is 2.30. The molecule has 0 spiro atoms. The molecule has 2 N–H and O–H groups in total. The number of aryl methyl sites for hydroxylation is 1. The van der Waals surface area contributed by atoms with Gasteiger partial charge < -0.3 is 9.72 Å². The van der Waals surface area contributed by atoms with Crippen LogP contribution < -0.4 is 4.72 Å². The van der Waals surface area contributed by atoms with Crippen molar-refractivity contribution in [3.8, 4) is 0 Å². The van der Waals surface area contributed by atoms with Crippen molar-refractivity contribution in [2.75, 3.05) is 25.6 Å². The number of hydrogen-bond donors (Lipinski definition) is 2. The zero-order valence-electron chi connectivity index (χ0n) is 9.57. The summed E-state index contributed by atoms with van der Waals surface area (Å²) in [5, 5.41) is 0.0803. The summed E-state index contributed by atoms with van der Waals surface area (Å²) in [5.41, 5.74) is 0. The molecule has 1 aromatic heterocycles. The molecule has 0 fully saturated rings. The number of aromatic amines is 1. The minimum Gasteiger partial charge on any atom is -0.380 e. The summed E-state index contributed by atoms with van der Waals surface area (Å²) in [6.45, 7) is 2.98. The molecule has 0 aromatic carbocycles. The van der Waals surface area contributed by atoms with E-state index in [1.165, 1.54) is 6.20 Å². The van der Waals surface area contributed by atoms with E-state index in [9.17, 15) is 8.42 Å². The van der Waals surface area contributed by atoms with Gasteiger partial charge in [-0.2, -0.15) is 0 Å². The number of rotatable bonds is 8. The van der Waals surface area contributed by atoms with Gasteiger partial charge in [0.15, 0.2) is 5.03 Å². The number of imidazole rings is 1. The van der Waals surface area contributed by atoms with E-state index < -0.39 is 10.0 Å². The van der Waals surface area contributed by atoms with Crippen LogP contribution in [0.1, 0.15) is 12.2 Å². The minimum atomic E-state index is -3.48. The first-order valence-corrected chi connectivity index (χ1v) is 7.23. The zero-order chi connectivity index (χ0) is 12.7. The molecule has 8 heteroatoms. The molecule has 0 bridgehead atoms. The van der Waals surface area contributed by atoms with Crippen LogP contribution in [-0.2, 0) is 14.8 Å². The number of sulfonamides is 1. The lowest BCUT2D eigenvalue weighted by molar-refractivity contribution is 0.147. The Morgan fingerprint density at radius 2 is 2.29 bits per heavy atom. The summed E-state index contributed by atoms with van der Waals surface area (Å²) in [6, 6.07) is 0. The number of hydrogen-bond acceptors (Lipinski definition) is 4. The van der Waals surface area contributed by atoms with E-state index in [0.717, 1.165) is 0 Å². The molecule has 1 heterocycles. The molecule has 98 valence electrons. The predicted molar refractivity (Wildman–Crippen MR) is 64.7 cm³/mol. The highest BCUT2D eigenvalue weighted by molar-refractivity contribution is 7.89. The van der Waals surface area contributed by atoms with Crippen LogP contribution >= 0.6 is 11.6 Å². The Hall–Kier alpha value is -0.630. The van der Waals surface area contributed by atoms with Crippen molar-refractivity contribution in [2.45, 2.75) is 18.4 Å². The average molecular weight is 282 g/mol. The number of halogens is 1. The van der Waals surface area contributed by atoms with Crippen molar-refractivity contribution in [3.05, 3.63) is 12.0 Å². The third-order valence-electron chi connectivity index (χ3n) is 1.95. The predicted octanol–water partition coefficient (Wildman–Crippen LogP) is 0.642. The Labute approximate surface area is 106 Å². The van der Waals surface area contributed by atoms with Gasteiger partial charge in [-0.3, -0.25) is 0 Å². The van der Waals surface area contributed by atoms with Gasteiger partial charge in [-0.1, -0.05) is 0 Å². The Balaban J connectivity index is 2.31. The number of nitrogens with one attached hydrogen (secondary N) is 2. The smallest absolute Gasteiger partial charge is 0.257 e.